The molecule has 6 nitrogen and oxygen atoms in total. The van der Waals surface area contributed by atoms with Gasteiger partial charge in [-0.05, 0) is 49.7 Å². The van der Waals surface area contributed by atoms with Crippen LogP contribution in [-0.2, 0) is 0 Å². The highest BCUT2D eigenvalue weighted by Crippen LogP contribution is 2.20. The van der Waals surface area contributed by atoms with Crippen molar-refractivity contribution in [3.63, 3.8) is 0 Å². The Morgan fingerprint density at radius 2 is 1.80 bits per heavy atom. The molecule has 2 heterocycles. The summed E-state index contributed by atoms with van der Waals surface area (Å²) in [7, 11) is 1.65. The fraction of sp³-hybridized carbons (Fsp3) is 0.368. The Morgan fingerprint density at radius 3 is 2.48 bits per heavy atom. The number of pyridine rings is 1. The van der Waals surface area contributed by atoms with Crippen molar-refractivity contribution in [1.29, 1.82) is 0 Å². The van der Waals surface area contributed by atoms with Gasteiger partial charge in [0.25, 0.3) is 11.5 Å². The SMILES string of the molecule is COc1ccc(N2CCCN(C(=O)c3ccc(C)[nH]c3=O)CC2)cc1. The predicted octanol–water partition coefficient (Wildman–Crippen LogP) is 2.04. The van der Waals surface area contributed by atoms with E-state index in [-0.39, 0.29) is 17.0 Å². The van der Waals surface area contributed by atoms with E-state index < -0.39 is 0 Å². The third kappa shape index (κ3) is 3.84. The lowest BCUT2D eigenvalue weighted by Crippen LogP contribution is -2.37. The molecule has 25 heavy (non-hydrogen) atoms. The second kappa shape index (κ2) is 7.42. The van der Waals surface area contributed by atoms with Crippen molar-refractivity contribution in [2.75, 3.05) is 38.2 Å². The monoisotopic (exact) mass is 341 g/mol. The van der Waals surface area contributed by atoms with E-state index in [1.54, 1.807) is 31.1 Å². The maximum atomic E-state index is 12.7. The van der Waals surface area contributed by atoms with Gasteiger partial charge in [-0.15, -0.1) is 0 Å². The van der Waals surface area contributed by atoms with Gasteiger partial charge in [0.1, 0.15) is 11.3 Å². The molecule has 1 N–H and O–H groups in total. The Morgan fingerprint density at radius 1 is 1.04 bits per heavy atom. The van der Waals surface area contributed by atoms with Gasteiger partial charge >= 0.3 is 0 Å². The predicted molar refractivity (Wildman–Crippen MR) is 97.5 cm³/mol. The fourth-order valence-corrected chi connectivity index (χ4v) is 3.08. The topological polar surface area (TPSA) is 65.6 Å². The minimum Gasteiger partial charge on any atom is -0.497 e. The van der Waals surface area contributed by atoms with Gasteiger partial charge in [-0.25, -0.2) is 0 Å². The molecule has 132 valence electrons. The normalized spacial score (nSPS) is 15.0. The van der Waals surface area contributed by atoms with Crippen LogP contribution in [-0.4, -0.2) is 49.1 Å². The fourth-order valence-electron chi connectivity index (χ4n) is 3.08. The lowest BCUT2D eigenvalue weighted by Gasteiger charge is -2.23. The highest BCUT2D eigenvalue weighted by Gasteiger charge is 2.22. The summed E-state index contributed by atoms with van der Waals surface area (Å²) in [5.41, 5.74) is 1.76. The van der Waals surface area contributed by atoms with Gasteiger partial charge in [-0.2, -0.15) is 0 Å². The van der Waals surface area contributed by atoms with E-state index in [1.165, 1.54) is 0 Å². The molecule has 0 radical (unpaired) electrons. The zero-order chi connectivity index (χ0) is 17.8. The van der Waals surface area contributed by atoms with Crippen LogP contribution in [0.25, 0.3) is 0 Å². The van der Waals surface area contributed by atoms with Crippen LogP contribution in [0, 0.1) is 6.92 Å². The first-order valence-corrected chi connectivity index (χ1v) is 8.46. The third-order valence-electron chi connectivity index (χ3n) is 4.51. The standard InChI is InChI=1S/C19H23N3O3/c1-14-4-9-17(18(23)20-14)19(24)22-11-3-10-21(12-13-22)15-5-7-16(25-2)8-6-15/h4-9H,3,10-13H2,1-2H3,(H,20,23). The van der Waals surface area contributed by atoms with E-state index in [9.17, 15) is 9.59 Å². The first kappa shape index (κ1) is 17.1. The second-order valence-corrected chi connectivity index (χ2v) is 6.21. The van der Waals surface area contributed by atoms with Gasteiger partial charge in [0.2, 0.25) is 0 Å². The van der Waals surface area contributed by atoms with E-state index in [4.69, 9.17) is 4.74 Å². The lowest BCUT2D eigenvalue weighted by molar-refractivity contribution is 0.0765. The van der Waals surface area contributed by atoms with Gasteiger partial charge in [0, 0.05) is 37.6 Å². The molecule has 0 bridgehead atoms. The smallest absolute Gasteiger partial charge is 0.260 e. The largest absolute Gasteiger partial charge is 0.497 e. The Bertz CT molecular complexity index is 798. The Kier molecular flexibility index (Phi) is 5.07. The summed E-state index contributed by atoms with van der Waals surface area (Å²) in [6.07, 6.45) is 0.863. The van der Waals surface area contributed by atoms with Crippen LogP contribution < -0.4 is 15.2 Å². The number of aromatic nitrogens is 1. The van der Waals surface area contributed by atoms with Crippen LogP contribution in [0.4, 0.5) is 5.69 Å². The number of hydrogen-bond acceptors (Lipinski definition) is 4. The number of anilines is 1. The zero-order valence-electron chi connectivity index (χ0n) is 14.6. The van der Waals surface area contributed by atoms with Gasteiger partial charge in [0.05, 0.1) is 7.11 Å². The Hall–Kier alpha value is -2.76. The summed E-state index contributed by atoms with van der Waals surface area (Å²) in [6.45, 7) is 4.66. The van der Waals surface area contributed by atoms with E-state index >= 15 is 0 Å². The Labute approximate surface area is 147 Å². The zero-order valence-corrected chi connectivity index (χ0v) is 14.6. The summed E-state index contributed by atoms with van der Waals surface area (Å²) in [6, 6.07) is 11.3. The van der Waals surface area contributed by atoms with Crippen LogP contribution in [0.1, 0.15) is 22.5 Å². The van der Waals surface area contributed by atoms with E-state index in [1.807, 2.05) is 24.3 Å². The molecule has 1 fully saturated rings. The molecular weight excluding hydrogens is 318 g/mol. The number of nitrogens with zero attached hydrogens (tertiary/aromatic N) is 2. The highest BCUT2D eigenvalue weighted by atomic mass is 16.5. The molecule has 1 aliphatic heterocycles. The molecule has 0 unspecified atom stereocenters. The number of carbonyl (C=O) groups is 1. The number of methoxy groups -OCH3 is 1. The summed E-state index contributed by atoms with van der Waals surface area (Å²) in [5.74, 6) is 0.631. The second-order valence-electron chi connectivity index (χ2n) is 6.21. The molecule has 1 aromatic heterocycles. The molecule has 6 heteroatoms. The molecule has 1 aliphatic rings. The summed E-state index contributed by atoms with van der Waals surface area (Å²) < 4.78 is 5.19. The van der Waals surface area contributed by atoms with Crippen LogP contribution in [0.2, 0.25) is 0 Å². The number of hydrogen-bond donors (Lipinski definition) is 1. The molecule has 1 amide bonds. The van der Waals surface area contributed by atoms with E-state index in [0.29, 0.717) is 13.1 Å². The number of nitrogens with one attached hydrogen (secondary N) is 1. The molecule has 3 rings (SSSR count). The van der Waals surface area contributed by atoms with E-state index in [0.717, 1.165) is 36.6 Å². The van der Waals surface area contributed by atoms with Crippen molar-refractivity contribution < 1.29 is 9.53 Å². The number of ether oxygens (including phenoxy) is 1. The summed E-state index contributed by atoms with van der Waals surface area (Å²) in [4.78, 5) is 31.4. The van der Waals surface area contributed by atoms with Crippen molar-refractivity contribution in [2.24, 2.45) is 0 Å². The molecule has 1 saturated heterocycles. The molecule has 0 atom stereocenters. The van der Waals surface area contributed by atoms with E-state index in [2.05, 4.69) is 9.88 Å². The minimum atomic E-state index is -0.318. The maximum absolute atomic E-state index is 12.7. The summed E-state index contributed by atoms with van der Waals surface area (Å²) >= 11 is 0. The van der Waals surface area contributed by atoms with Crippen LogP contribution >= 0.6 is 0 Å². The minimum absolute atomic E-state index is 0.196. The molecule has 0 saturated carbocycles. The number of aromatic amines is 1. The average Bonchev–Trinajstić information content (AvgIpc) is 2.87. The van der Waals surface area contributed by atoms with Crippen molar-refractivity contribution in [3.8, 4) is 5.75 Å². The number of H-pyrrole nitrogens is 1. The van der Waals surface area contributed by atoms with Gasteiger partial charge < -0.3 is 19.5 Å². The quantitative estimate of drug-likeness (QED) is 0.928. The first-order chi connectivity index (χ1) is 12.1. The van der Waals surface area contributed by atoms with Crippen molar-refractivity contribution in [2.45, 2.75) is 13.3 Å². The van der Waals surface area contributed by atoms with Crippen molar-refractivity contribution in [1.82, 2.24) is 9.88 Å². The van der Waals surface area contributed by atoms with Crippen LogP contribution in [0.15, 0.2) is 41.2 Å². The maximum Gasteiger partial charge on any atom is 0.260 e. The first-order valence-electron chi connectivity index (χ1n) is 8.46. The van der Waals surface area contributed by atoms with Gasteiger partial charge in [-0.1, -0.05) is 0 Å². The number of amides is 1. The van der Waals surface area contributed by atoms with Crippen LogP contribution in [0.5, 0.6) is 5.75 Å². The lowest BCUT2D eigenvalue weighted by atomic mass is 10.2. The number of benzene rings is 1. The van der Waals surface area contributed by atoms with Crippen molar-refractivity contribution in [3.05, 3.63) is 58.0 Å². The molecule has 0 spiro atoms. The number of carbonyl (C=O) groups excluding carboxylic acids is 1. The van der Waals surface area contributed by atoms with Gasteiger partial charge in [0.15, 0.2) is 0 Å². The molecule has 2 aromatic rings. The molecule has 1 aromatic carbocycles. The Balaban J connectivity index is 1.70. The molecular formula is C19H23N3O3. The van der Waals surface area contributed by atoms with Gasteiger partial charge in [-0.3, -0.25) is 9.59 Å². The van der Waals surface area contributed by atoms with Crippen LogP contribution in [0.3, 0.4) is 0 Å². The highest BCUT2D eigenvalue weighted by molar-refractivity contribution is 5.93. The molecule has 0 aliphatic carbocycles. The number of aryl methyl sites for hydroxylation is 1. The number of rotatable bonds is 3. The van der Waals surface area contributed by atoms with Crippen molar-refractivity contribution >= 4 is 11.6 Å². The summed E-state index contributed by atoms with van der Waals surface area (Å²) in [5, 5.41) is 0. The average molecular weight is 341 g/mol. The third-order valence-corrected chi connectivity index (χ3v) is 4.51.